The first-order valence-corrected chi connectivity index (χ1v) is 16.3. The first kappa shape index (κ1) is 28.8. The largest absolute Gasteiger partial charge is 0.309 e. The van der Waals surface area contributed by atoms with Crippen molar-refractivity contribution < 1.29 is 0 Å². The number of benzene rings is 7. The lowest BCUT2D eigenvalue weighted by atomic mass is 9.95. The number of rotatable bonds is 4. The Balaban J connectivity index is 1.19. The Hall–Kier alpha value is -7.39. The SMILES string of the molecule is N#Cc1cc(-c2ccc(-n3c4ccccc4c4ccccc43)cc2)cc(-c2ccccc2-n2c3ccc(C#N)cc3c3cc(C#N)ccc32)c1. The van der Waals surface area contributed by atoms with Gasteiger partial charge in [0.25, 0.3) is 0 Å². The summed E-state index contributed by atoms with van der Waals surface area (Å²) >= 11 is 0. The van der Waals surface area contributed by atoms with Crippen LogP contribution in [0, 0.1) is 34.0 Å². The zero-order chi connectivity index (χ0) is 33.8. The fourth-order valence-corrected chi connectivity index (χ4v) is 7.35. The normalized spacial score (nSPS) is 11.1. The van der Waals surface area contributed by atoms with E-state index in [0.717, 1.165) is 66.5 Å². The molecule has 2 aromatic heterocycles. The maximum atomic E-state index is 10.2. The second-order valence-corrected chi connectivity index (χ2v) is 12.4. The Labute approximate surface area is 287 Å². The van der Waals surface area contributed by atoms with Gasteiger partial charge in [-0.15, -0.1) is 0 Å². The van der Waals surface area contributed by atoms with Gasteiger partial charge in [-0.3, -0.25) is 0 Å². The van der Waals surface area contributed by atoms with E-state index in [1.807, 2.05) is 60.7 Å². The summed E-state index contributed by atoms with van der Waals surface area (Å²) in [4.78, 5) is 0. The maximum absolute atomic E-state index is 10.2. The molecule has 0 aliphatic rings. The average molecular weight is 636 g/mol. The van der Waals surface area contributed by atoms with Gasteiger partial charge in [0.2, 0.25) is 0 Å². The third-order valence-electron chi connectivity index (χ3n) is 9.58. The number of hydrogen-bond acceptors (Lipinski definition) is 3. The van der Waals surface area contributed by atoms with Crippen LogP contribution < -0.4 is 0 Å². The van der Waals surface area contributed by atoms with Crippen molar-refractivity contribution in [2.24, 2.45) is 0 Å². The minimum absolute atomic E-state index is 0.558. The van der Waals surface area contributed by atoms with Gasteiger partial charge in [0.05, 0.1) is 62.7 Å². The van der Waals surface area contributed by atoms with E-state index < -0.39 is 0 Å². The summed E-state index contributed by atoms with van der Waals surface area (Å²) in [5, 5.41) is 33.8. The molecule has 5 nitrogen and oxygen atoms in total. The standard InChI is InChI=1S/C45H25N5/c46-26-29-13-19-44-39(23-29)40-24-30(27-47)14-20-45(40)50(44)41-10-4-1-7-36(41)34-22-31(28-48)21-33(25-34)32-15-17-35(18-16-32)49-42-11-5-2-8-37(42)38-9-3-6-12-43(38)49/h1-25H. The van der Waals surface area contributed by atoms with Gasteiger partial charge in [0.1, 0.15) is 0 Å². The molecular formula is C45H25N5. The summed E-state index contributed by atoms with van der Waals surface area (Å²) in [5.74, 6) is 0. The number of para-hydroxylation sites is 3. The summed E-state index contributed by atoms with van der Waals surface area (Å²) in [6, 6.07) is 57.9. The van der Waals surface area contributed by atoms with Gasteiger partial charge in [-0.2, -0.15) is 15.8 Å². The summed E-state index contributed by atoms with van der Waals surface area (Å²) < 4.78 is 4.48. The minimum atomic E-state index is 0.558. The van der Waals surface area contributed by atoms with Gasteiger partial charge in [0, 0.05) is 32.8 Å². The topological polar surface area (TPSA) is 81.2 Å². The van der Waals surface area contributed by atoms with Crippen molar-refractivity contribution in [3.63, 3.8) is 0 Å². The molecule has 0 radical (unpaired) electrons. The molecule has 0 bridgehead atoms. The van der Waals surface area contributed by atoms with Crippen LogP contribution in [0.5, 0.6) is 0 Å². The van der Waals surface area contributed by atoms with Crippen molar-refractivity contribution in [3.8, 4) is 51.8 Å². The highest BCUT2D eigenvalue weighted by atomic mass is 15.0. The second-order valence-electron chi connectivity index (χ2n) is 12.4. The molecule has 0 N–H and O–H groups in total. The van der Waals surface area contributed by atoms with E-state index in [4.69, 9.17) is 0 Å². The number of fused-ring (bicyclic) bond motifs is 6. The predicted octanol–water partition coefficient (Wildman–Crippen LogP) is 10.8. The van der Waals surface area contributed by atoms with Gasteiger partial charge in [-0.05, 0) is 102 Å². The van der Waals surface area contributed by atoms with Crippen LogP contribution in [0.15, 0.2) is 152 Å². The quantitative estimate of drug-likeness (QED) is 0.193. The number of hydrogen-bond donors (Lipinski definition) is 0. The third kappa shape index (κ3) is 4.45. The van der Waals surface area contributed by atoms with Crippen LogP contribution in [-0.2, 0) is 0 Å². The monoisotopic (exact) mass is 635 g/mol. The highest BCUT2D eigenvalue weighted by molar-refractivity contribution is 6.11. The van der Waals surface area contributed by atoms with Crippen molar-refractivity contribution in [1.82, 2.24) is 9.13 Å². The molecule has 9 rings (SSSR count). The van der Waals surface area contributed by atoms with Gasteiger partial charge < -0.3 is 9.13 Å². The molecule has 0 atom stereocenters. The fraction of sp³-hybridized carbons (Fsp3) is 0. The van der Waals surface area contributed by atoms with Crippen LogP contribution in [0.2, 0.25) is 0 Å². The van der Waals surface area contributed by atoms with Crippen LogP contribution in [0.1, 0.15) is 16.7 Å². The Kier molecular flexibility index (Phi) is 6.56. The molecule has 50 heavy (non-hydrogen) atoms. The molecule has 230 valence electrons. The van der Waals surface area contributed by atoms with Crippen LogP contribution in [-0.4, -0.2) is 9.13 Å². The molecular weight excluding hydrogens is 611 g/mol. The molecule has 0 amide bonds. The van der Waals surface area contributed by atoms with E-state index in [1.54, 1.807) is 0 Å². The Morgan fingerprint density at radius 1 is 0.360 bits per heavy atom. The van der Waals surface area contributed by atoms with Crippen molar-refractivity contribution in [2.75, 3.05) is 0 Å². The van der Waals surface area contributed by atoms with E-state index in [0.29, 0.717) is 16.7 Å². The van der Waals surface area contributed by atoms with E-state index in [2.05, 4.69) is 118 Å². The zero-order valence-electron chi connectivity index (χ0n) is 26.7. The summed E-state index contributed by atoms with van der Waals surface area (Å²) in [6.45, 7) is 0. The Morgan fingerprint density at radius 2 is 0.880 bits per heavy atom. The van der Waals surface area contributed by atoms with E-state index >= 15 is 0 Å². The molecule has 2 heterocycles. The maximum Gasteiger partial charge on any atom is 0.0992 e. The molecule has 0 fully saturated rings. The van der Waals surface area contributed by atoms with Crippen molar-refractivity contribution in [2.45, 2.75) is 0 Å². The lowest BCUT2D eigenvalue weighted by molar-refractivity contribution is 1.18. The van der Waals surface area contributed by atoms with E-state index in [1.165, 1.54) is 10.8 Å². The molecule has 7 aromatic carbocycles. The fourth-order valence-electron chi connectivity index (χ4n) is 7.35. The molecule has 0 aliphatic heterocycles. The summed E-state index contributed by atoms with van der Waals surface area (Å²) in [7, 11) is 0. The zero-order valence-corrected chi connectivity index (χ0v) is 26.7. The number of aromatic nitrogens is 2. The number of nitrogens with zero attached hydrogens (tertiary/aromatic N) is 5. The lowest BCUT2D eigenvalue weighted by Gasteiger charge is -2.15. The molecule has 0 aliphatic carbocycles. The molecule has 0 saturated heterocycles. The molecule has 0 unspecified atom stereocenters. The Morgan fingerprint density at radius 3 is 1.48 bits per heavy atom. The second kappa shape index (κ2) is 11.4. The molecule has 5 heteroatoms. The van der Waals surface area contributed by atoms with Crippen LogP contribution in [0.25, 0.3) is 77.2 Å². The highest BCUT2D eigenvalue weighted by Gasteiger charge is 2.18. The molecule has 0 saturated carbocycles. The van der Waals surface area contributed by atoms with Crippen molar-refractivity contribution in [1.29, 1.82) is 15.8 Å². The number of nitriles is 3. The van der Waals surface area contributed by atoms with Crippen LogP contribution in [0.4, 0.5) is 0 Å². The third-order valence-corrected chi connectivity index (χ3v) is 9.58. The minimum Gasteiger partial charge on any atom is -0.309 e. The van der Waals surface area contributed by atoms with E-state index in [9.17, 15) is 15.8 Å². The average Bonchev–Trinajstić information content (AvgIpc) is 3.69. The van der Waals surface area contributed by atoms with Crippen LogP contribution in [0.3, 0.4) is 0 Å². The first-order valence-electron chi connectivity index (χ1n) is 16.3. The highest BCUT2D eigenvalue weighted by Crippen LogP contribution is 2.39. The predicted molar refractivity (Wildman–Crippen MR) is 200 cm³/mol. The lowest BCUT2D eigenvalue weighted by Crippen LogP contribution is -1.98. The van der Waals surface area contributed by atoms with Gasteiger partial charge in [-0.25, -0.2) is 0 Å². The van der Waals surface area contributed by atoms with E-state index in [-0.39, 0.29) is 0 Å². The first-order chi connectivity index (χ1) is 24.6. The molecule has 0 spiro atoms. The molecule has 9 aromatic rings. The van der Waals surface area contributed by atoms with Crippen LogP contribution >= 0.6 is 0 Å². The van der Waals surface area contributed by atoms with Gasteiger partial charge in [0.15, 0.2) is 0 Å². The van der Waals surface area contributed by atoms with Crippen molar-refractivity contribution >= 4 is 43.6 Å². The summed E-state index contributed by atoms with van der Waals surface area (Å²) in [6.07, 6.45) is 0. The van der Waals surface area contributed by atoms with Crippen molar-refractivity contribution in [3.05, 3.63) is 168 Å². The van der Waals surface area contributed by atoms with Gasteiger partial charge >= 0.3 is 0 Å². The smallest absolute Gasteiger partial charge is 0.0992 e. The Bertz CT molecular complexity index is 2830. The summed E-state index contributed by atoms with van der Waals surface area (Å²) in [5.41, 5.74) is 11.7. The van der Waals surface area contributed by atoms with Gasteiger partial charge in [-0.1, -0.05) is 66.7 Å².